The minimum atomic E-state index is -2.98. The highest BCUT2D eigenvalue weighted by Crippen LogP contribution is 2.61. The molecule has 0 saturated carbocycles. The fourth-order valence-electron chi connectivity index (χ4n) is 2.24. The number of carbonyl (C=O) groups excluding carboxylic acids is 1. The van der Waals surface area contributed by atoms with Gasteiger partial charge in [-0.2, -0.15) is 0 Å². The van der Waals surface area contributed by atoms with Crippen LogP contribution in [0.5, 0.6) is 0 Å². The van der Waals surface area contributed by atoms with Gasteiger partial charge in [0.1, 0.15) is 5.69 Å². The Balaban J connectivity index is 2.25. The van der Waals surface area contributed by atoms with Crippen LogP contribution in [0.3, 0.4) is 0 Å². The van der Waals surface area contributed by atoms with Gasteiger partial charge in [0, 0.05) is 11.1 Å². The molecule has 1 atom stereocenters. The van der Waals surface area contributed by atoms with Crippen molar-refractivity contribution in [2.24, 2.45) is 0 Å². The van der Waals surface area contributed by atoms with E-state index in [1.165, 1.54) is 0 Å². The molecule has 0 aromatic heterocycles. The Morgan fingerprint density at radius 3 is 1.75 bits per heavy atom. The number of hydrogen-bond acceptors (Lipinski definition) is 5. The van der Waals surface area contributed by atoms with Crippen LogP contribution >= 0.6 is 5.69 Å². The second-order valence-corrected chi connectivity index (χ2v) is 9.17. The summed E-state index contributed by atoms with van der Waals surface area (Å²) in [6, 6.07) is 18.3. The molecule has 0 amide bonds. The Labute approximate surface area is 127 Å². The molecular formula is C14H10O3PS2-. The van der Waals surface area contributed by atoms with Crippen molar-refractivity contribution >= 4 is 35.7 Å². The topological polar surface area (TPSA) is 35.5 Å². The Kier molecular flexibility index (Phi) is 3.46. The molecule has 3 nitrogen and oxygen atoms in total. The molecule has 6 heteroatoms. The van der Waals surface area contributed by atoms with Gasteiger partial charge in [0.25, 0.3) is 0 Å². The van der Waals surface area contributed by atoms with Crippen molar-refractivity contribution in [1.29, 1.82) is 0 Å². The van der Waals surface area contributed by atoms with Crippen molar-refractivity contribution in [3.05, 3.63) is 71.8 Å². The third-order valence-corrected chi connectivity index (χ3v) is 4.87. The van der Waals surface area contributed by atoms with E-state index in [0.717, 1.165) is 0 Å². The second-order valence-electron chi connectivity index (χ2n) is 4.33. The summed E-state index contributed by atoms with van der Waals surface area (Å²) in [5.41, 5.74) is -2.98. The SMILES string of the molecule is O=C1OP(=S)([S-])OC1(c1ccccc1)c1ccccc1. The summed E-state index contributed by atoms with van der Waals surface area (Å²) in [5.74, 6) is -0.534. The zero-order chi connectivity index (χ0) is 14.2. The standard InChI is InChI=1S/C14H11O3PS2/c15-13-14(17-18(19,20)16-13,11-7-3-1-4-8-11)12-9-5-2-6-10-12/h1-10H,(H,19,20)/p-1. The van der Waals surface area contributed by atoms with Gasteiger partial charge in [-0.3, -0.25) is 0 Å². The summed E-state index contributed by atoms with van der Waals surface area (Å²) in [6.45, 7) is 0. The molecule has 0 bridgehead atoms. The third kappa shape index (κ3) is 2.21. The van der Waals surface area contributed by atoms with E-state index < -0.39 is 17.3 Å². The lowest BCUT2D eigenvalue weighted by molar-refractivity contribution is -0.141. The fourth-order valence-corrected chi connectivity index (χ4v) is 4.31. The first-order valence-corrected chi connectivity index (χ1v) is 9.57. The van der Waals surface area contributed by atoms with E-state index >= 15 is 0 Å². The fraction of sp³-hybridized carbons (Fsp3) is 0.0714. The molecule has 1 fully saturated rings. The van der Waals surface area contributed by atoms with E-state index in [1.54, 1.807) is 0 Å². The number of rotatable bonds is 2. The van der Waals surface area contributed by atoms with Gasteiger partial charge < -0.3 is 21.3 Å². The minimum absolute atomic E-state index is 0.534. The van der Waals surface area contributed by atoms with Gasteiger partial charge in [0.2, 0.25) is 5.60 Å². The summed E-state index contributed by atoms with van der Waals surface area (Å²) >= 11 is 10.2. The molecule has 1 aliphatic rings. The van der Waals surface area contributed by atoms with Crippen LogP contribution in [0.15, 0.2) is 60.7 Å². The van der Waals surface area contributed by atoms with Crippen LogP contribution in [0.2, 0.25) is 0 Å². The lowest BCUT2D eigenvalue weighted by Gasteiger charge is -2.27. The Morgan fingerprint density at radius 2 is 1.40 bits per heavy atom. The van der Waals surface area contributed by atoms with Crippen molar-refractivity contribution in [2.75, 3.05) is 0 Å². The summed E-state index contributed by atoms with van der Waals surface area (Å²) in [5, 5.41) is 0. The van der Waals surface area contributed by atoms with Crippen LogP contribution in [0.4, 0.5) is 0 Å². The predicted octanol–water partition coefficient (Wildman–Crippen LogP) is 3.28. The monoisotopic (exact) mass is 321 g/mol. The van der Waals surface area contributed by atoms with E-state index in [1.807, 2.05) is 60.7 Å². The van der Waals surface area contributed by atoms with Crippen LogP contribution in [-0.2, 0) is 43.5 Å². The molecule has 20 heavy (non-hydrogen) atoms. The molecule has 0 N–H and O–H groups in total. The van der Waals surface area contributed by atoms with Crippen LogP contribution < -0.4 is 0 Å². The lowest BCUT2D eigenvalue weighted by Crippen LogP contribution is -2.34. The van der Waals surface area contributed by atoms with Crippen LogP contribution in [0, 0.1) is 0 Å². The molecule has 1 aliphatic heterocycles. The molecule has 1 saturated heterocycles. The van der Waals surface area contributed by atoms with Gasteiger partial charge in [-0.1, -0.05) is 72.5 Å². The lowest BCUT2D eigenvalue weighted by atomic mass is 9.86. The highest BCUT2D eigenvalue weighted by molar-refractivity contribution is 8.51. The molecule has 2 aromatic rings. The first-order chi connectivity index (χ1) is 9.55. The van der Waals surface area contributed by atoms with E-state index in [0.29, 0.717) is 11.1 Å². The zero-order valence-corrected chi connectivity index (χ0v) is 12.8. The molecule has 1 heterocycles. The molecule has 102 valence electrons. The molecule has 3 rings (SSSR count). The first kappa shape index (κ1) is 13.8. The Bertz CT molecular complexity index is 649. The highest BCUT2D eigenvalue weighted by atomic mass is 32.9. The second kappa shape index (κ2) is 5.01. The zero-order valence-electron chi connectivity index (χ0n) is 10.3. The van der Waals surface area contributed by atoms with Gasteiger partial charge in [-0.05, 0) is 0 Å². The maximum absolute atomic E-state index is 12.5. The third-order valence-electron chi connectivity index (χ3n) is 3.09. The normalized spacial score (nSPS) is 24.4. The van der Waals surface area contributed by atoms with Gasteiger partial charge in [0.05, 0.1) is 0 Å². The largest absolute Gasteiger partial charge is 0.678 e. The molecule has 0 radical (unpaired) electrons. The predicted molar refractivity (Wildman–Crippen MR) is 82.5 cm³/mol. The summed E-state index contributed by atoms with van der Waals surface area (Å²) in [6.07, 6.45) is 0. The molecular weight excluding hydrogens is 311 g/mol. The first-order valence-electron chi connectivity index (χ1n) is 5.91. The molecule has 0 aliphatic carbocycles. The van der Waals surface area contributed by atoms with Crippen LogP contribution in [0.1, 0.15) is 11.1 Å². The van der Waals surface area contributed by atoms with Crippen LogP contribution in [-0.4, -0.2) is 5.97 Å². The quantitative estimate of drug-likeness (QED) is 0.626. The summed E-state index contributed by atoms with van der Waals surface area (Å²) in [4.78, 5) is 12.5. The van der Waals surface area contributed by atoms with Crippen molar-refractivity contribution in [1.82, 2.24) is 0 Å². The molecule has 1 unspecified atom stereocenters. The molecule has 0 spiro atoms. The Hall–Kier alpha value is -1.13. The number of hydrogen-bond donors (Lipinski definition) is 0. The van der Waals surface area contributed by atoms with E-state index in [9.17, 15) is 4.79 Å². The minimum Gasteiger partial charge on any atom is -0.678 e. The average Bonchev–Trinajstić information content (AvgIpc) is 2.71. The van der Waals surface area contributed by atoms with Crippen molar-refractivity contribution in [3.63, 3.8) is 0 Å². The van der Waals surface area contributed by atoms with Gasteiger partial charge in [-0.25, -0.2) is 4.79 Å². The van der Waals surface area contributed by atoms with Crippen LogP contribution in [0.25, 0.3) is 0 Å². The molecule has 2 aromatic carbocycles. The van der Waals surface area contributed by atoms with Gasteiger partial charge >= 0.3 is 5.97 Å². The van der Waals surface area contributed by atoms with E-state index in [2.05, 4.69) is 0 Å². The Morgan fingerprint density at radius 1 is 0.950 bits per heavy atom. The van der Waals surface area contributed by atoms with Crippen molar-refractivity contribution < 1.29 is 13.8 Å². The van der Waals surface area contributed by atoms with E-state index in [-0.39, 0.29) is 0 Å². The average molecular weight is 321 g/mol. The highest BCUT2D eigenvalue weighted by Gasteiger charge is 2.52. The van der Waals surface area contributed by atoms with Gasteiger partial charge in [-0.15, -0.1) is 0 Å². The maximum Gasteiger partial charge on any atom is 0.352 e. The van der Waals surface area contributed by atoms with Crippen molar-refractivity contribution in [2.45, 2.75) is 5.60 Å². The maximum atomic E-state index is 12.5. The smallest absolute Gasteiger partial charge is 0.352 e. The van der Waals surface area contributed by atoms with Gasteiger partial charge in [0.15, 0.2) is 0 Å². The van der Waals surface area contributed by atoms with Crippen molar-refractivity contribution in [3.8, 4) is 0 Å². The summed E-state index contributed by atoms with van der Waals surface area (Å²) < 4.78 is 10.9. The number of carbonyl (C=O) groups is 1. The number of benzene rings is 2. The summed E-state index contributed by atoms with van der Waals surface area (Å²) in [7, 11) is 0. The van der Waals surface area contributed by atoms with E-state index in [4.69, 9.17) is 33.1 Å².